The predicted molar refractivity (Wildman–Crippen MR) is 58.5 cm³/mol. The summed E-state index contributed by atoms with van der Waals surface area (Å²) < 4.78 is 1.09. The van der Waals surface area contributed by atoms with Gasteiger partial charge in [0, 0.05) is 10.5 Å². The molecule has 1 aromatic rings. The summed E-state index contributed by atoms with van der Waals surface area (Å²) in [6.45, 7) is 4.29. The molecule has 1 heterocycles. The van der Waals surface area contributed by atoms with Gasteiger partial charge in [-0.3, -0.25) is 5.01 Å². The van der Waals surface area contributed by atoms with Gasteiger partial charge in [-0.2, -0.15) is 0 Å². The van der Waals surface area contributed by atoms with Crippen LogP contribution >= 0.6 is 15.9 Å². The lowest BCUT2D eigenvalue weighted by Crippen LogP contribution is -2.41. The van der Waals surface area contributed by atoms with Gasteiger partial charge >= 0.3 is 0 Å². The molecule has 0 bridgehead atoms. The van der Waals surface area contributed by atoms with Gasteiger partial charge in [-0.05, 0) is 32.0 Å². The summed E-state index contributed by atoms with van der Waals surface area (Å²) in [5, 5.41) is 2.10. The van der Waals surface area contributed by atoms with Crippen molar-refractivity contribution in [2.24, 2.45) is 0 Å². The second-order valence-electron chi connectivity index (χ2n) is 3.36. The maximum atomic E-state index is 3.44. The largest absolute Gasteiger partial charge is 0.302 e. The van der Waals surface area contributed by atoms with E-state index in [0.717, 1.165) is 10.2 Å². The molecule has 0 saturated heterocycles. The Bertz CT molecular complexity index is 325. The number of hydrogen-bond acceptors (Lipinski definition) is 3. The van der Waals surface area contributed by atoms with Crippen molar-refractivity contribution in [2.75, 3.05) is 10.4 Å². The number of rotatable bonds is 1. The first-order chi connectivity index (χ1) is 6.18. The lowest BCUT2D eigenvalue weighted by molar-refractivity contribution is 0.633. The van der Waals surface area contributed by atoms with Gasteiger partial charge in [0.2, 0.25) is 0 Å². The molecule has 0 unspecified atom stereocenters. The van der Waals surface area contributed by atoms with Crippen molar-refractivity contribution in [3.05, 3.63) is 22.7 Å². The minimum atomic E-state index is 0.440. The molecule has 0 aliphatic carbocycles. The highest BCUT2D eigenvalue weighted by molar-refractivity contribution is 9.10. The standard InChI is InChI=1S/C9H12BrN3/c1-6(2)13-9-4-3-7(10)5-8(9)11-12-13/h3-6,11-12H,1-2H3. The number of benzene rings is 1. The number of hydrazine groups is 2. The molecular formula is C9H12BrN3. The highest BCUT2D eigenvalue weighted by atomic mass is 79.9. The van der Waals surface area contributed by atoms with Gasteiger partial charge in [0.15, 0.2) is 0 Å². The SMILES string of the molecule is CC(C)N1NNc2cc(Br)ccc21. The van der Waals surface area contributed by atoms with Gasteiger partial charge in [-0.1, -0.05) is 15.9 Å². The zero-order valence-electron chi connectivity index (χ0n) is 7.63. The van der Waals surface area contributed by atoms with Crippen LogP contribution in [0.15, 0.2) is 22.7 Å². The van der Waals surface area contributed by atoms with Gasteiger partial charge in [-0.25, -0.2) is 0 Å². The second-order valence-corrected chi connectivity index (χ2v) is 4.28. The van der Waals surface area contributed by atoms with Crippen LogP contribution in [0.25, 0.3) is 0 Å². The molecule has 0 spiro atoms. The molecule has 70 valence electrons. The van der Waals surface area contributed by atoms with Crippen molar-refractivity contribution in [3.63, 3.8) is 0 Å². The lowest BCUT2D eigenvalue weighted by atomic mass is 10.2. The summed E-state index contributed by atoms with van der Waals surface area (Å²) in [7, 11) is 0. The maximum Gasteiger partial charge on any atom is 0.0786 e. The van der Waals surface area contributed by atoms with E-state index in [4.69, 9.17) is 0 Å². The van der Waals surface area contributed by atoms with Crippen LogP contribution in [0.4, 0.5) is 11.4 Å². The fourth-order valence-electron chi connectivity index (χ4n) is 1.41. The molecule has 0 radical (unpaired) electrons. The number of anilines is 2. The summed E-state index contributed by atoms with van der Waals surface area (Å²) in [6.07, 6.45) is 0. The first kappa shape index (κ1) is 8.84. The minimum Gasteiger partial charge on any atom is -0.302 e. The predicted octanol–water partition coefficient (Wildman–Crippen LogP) is 2.51. The summed E-state index contributed by atoms with van der Waals surface area (Å²) in [5.41, 5.74) is 8.54. The molecule has 0 saturated carbocycles. The zero-order chi connectivity index (χ0) is 9.42. The first-order valence-electron chi connectivity index (χ1n) is 4.29. The first-order valence-corrected chi connectivity index (χ1v) is 5.08. The number of halogens is 1. The third kappa shape index (κ3) is 1.51. The van der Waals surface area contributed by atoms with Crippen LogP contribution in [0.2, 0.25) is 0 Å². The summed E-state index contributed by atoms with van der Waals surface area (Å²) in [6, 6.07) is 6.63. The van der Waals surface area contributed by atoms with Crippen molar-refractivity contribution < 1.29 is 0 Å². The van der Waals surface area contributed by atoms with Crippen molar-refractivity contribution in [3.8, 4) is 0 Å². The van der Waals surface area contributed by atoms with Crippen LogP contribution in [0, 0.1) is 0 Å². The van der Waals surface area contributed by atoms with Crippen molar-refractivity contribution in [1.29, 1.82) is 0 Å². The van der Waals surface area contributed by atoms with E-state index in [1.54, 1.807) is 0 Å². The van der Waals surface area contributed by atoms with Gasteiger partial charge < -0.3 is 5.43 Å². The van der Waals surface area contributed by atoms with E-state index in [1.807, 2.05) is 6.07 Å². The van der Waals surface area contributed by atoms with E-state index >= 15 is 0 Å². The molecule has 0 fully saturated rings. The quantitative estimate of drug-likeness (QED) is 0.792. The highest BCUT2D eigenvalue weighted by Gasteiger charge is 2.20. The Balaban J connectivity index is 2.38. The Morgan fingerprint density at radius 2 is 2.15 bits per heavy atom. The Hall–Kier alpha value is -0.740. The van der Waals surface area contributed by atoms with E-state index in [9.17, 15) is 0 Å². The van der Waals surface area contributed by atoms with Gasteiger partial charge in [0.1, 0.15) is 0 Å². The van der Waals surface area contributed by atoms with Gasteiger partial charge in [0.05, 0.1) is 11.4 Å². The summed E-state index contributed by atoms with van der Waals surface area (Å²) in [4.78, 5) is 0. The van der Waals surface area contributed by atoms with Crippen molar-refractivity contribution in [2.45, 2.75) is 19.9 Å². The van der Waals surface area contributed by atoms with Crippen LogP contribution in [0.3, 0.4) is 0 Å². The second kappa shape index (κ2) is 3.20. The maximum absolute atomic E-state index is 3.44. The van der Waals surface area contributed by atoms with Crippen LogP contribution in [-0.2, 0) is 0 Å². The molecule has 13 heavy (non-hydrogen) atoms. The number of fused-ring (bicyclic) bond motifs is 1. The summed E-state index contributed by atoms with van der Waals surface area (Å²) in [5.74, 6) is 0. The van der Waals surface area contributed by atoms with Crippen LogP contribution in [0.5, 0.6) is 0 Å². The molecule has 1 aliphatic rings. The monoisotopic (exact) mass is 241 g/mol. The fraction of sp³-hybridized carbons (Fsp3) is 0.333. The molecule has 3 nitrogen and oxygen atoms in total. The van der Waals surface area contributed by atoms with Crippen molar-refractivity contribution in [1.82, 2.24) is 5.53 Å². The molecule has 0 aromatic heterocycles. The smallest absolute Gasteiger partial charge is 0.0786 e. The van der Waals surface area contributed by atoms with Crippen LogP contribution in [0.1, 0.15) is 13.8 Å². The number of hydrogen-bond donors (Lipinski definition) is 2. The molecule has 2 rings (SSSR count). The van der Waals surface area contributed by atoms with Crippen LogP contribution < -0.4 is 16.0 Å². The fourth-order valence-corrected chi connectivity index (χ4v) is 1.77. The topological polar surface area (TPSA) is 27.3 Å². The lowest BCUT2D eigenvalue weighted by Gasteiger charge is -2.21. The Morgan fingerprint density at radius 3 is 2.85 bits per heavy atom. The number of nitrogens with one attached hydrogen (secondary N) is 2. The number of nitrogens with zero attached hydrogens (tertiary/aromatic N) is 1. The molecule has 1 aromatic carbocycles. The van der Waals surface area contributed by atoms with E-state index in [-0.39, 0.29) is 0 Å². The van der Waals surface area contributed by atoms with Crippen LogP contribution in [-0.4, -0.2) is 6.04 Å². The highest BCUT2D eigenvalue weighted by Crippen LogP contribution is 2.32. The van der Waals surface area contributed by atoms with Gasteiger partial charge in [0.25, 0.3) is 0 Å². The minimum absolute atomic E-state index is 0.440. The molecule has 2 N–H and O–H groups in total. The van der Waals surface area contributed by atoms with E-state index in [1.165, 1.54) is 5.69 Å². The Morgan fingerprint density at radius 1 is 1.38 bits per heavy atom. The van der Waals surface area contributed by atoms with E-state index in [0.29, 0.717) is 6.04 Å². The van der Waals surface area contributed by atoms with E-state index in [2.05, 4.69) is 57.9 Å². The average molecular weight is 242 g/mol. The normalized spacial score (nSPS) is 14.6. The molecule has 0 amide bonds. The van der Waals surface area contributed by atoms with Gasteiger partial charge in [-0.15, -0.1) is 5.53 Å². The molecule has 4 heteroatoms. The Kier molecular flexibility index (Phi) is 2.17. The molecule has 1 aliphatic heterocycles. The van der Waals surface area contributed by atoms with E-state index < -0.39 is 0 Å². The molecular weight excluding hydrogens is 230 g/mol. The molecule has 0 atom stereocenters. The average Bonchev–Trinajstić information content (AvgIpc) is 2.46. The summed E-state index contributed by atoms with van der Waals surface area (Å²) >= 11 is 3.44. The zero-order valence-corrected chi connectivity index (χ0v) is 9.22. The third-order valence-corrected chi connectivity index (χ3v) is 2.54. The third-order valence-electron chi connectivity index (χ3n) is 2.05. The van der Waals surface area contributed by atoms with Crippen molar-refractivity contribution >= 4 is 27.3 Å². The Labute approximate surface area is 86.2 Å².